The maximum atomic E-state index is 13.0. The average molecular weight is 883 g/mol. The Balaban J connectivity index is 0.995. The van der Waals surface area contributed by atoms with E-state index in [4.69, 9.17) is 28.4 Å². The second-order valence-corrected chi connectivity index (χ2v) is 15.9. The standard InChI is InChI=1S/C55H62O10/c1-3-5-7-9-11-13-15-17-19-40-61-47-33-25-43(26-34-47)53(57)63-49-37-29-45(30-38-49)55(59)65-51-22-20-21-50(41-51)64-54(58)44-27-35-48(36-28-44)62-52(56)42-23-31-46(32-24-42)60-39-18-16-14-12-10-8-6-4-2/h3,20-38,41H,1,4-19,39-40H2,2H3. The molecule has 10 nitrogen and oxygen atoms in total. The van der Waals surface area contributed by atoms with Crippen molar-refractivity contribution >= 4 is 23.9 Å². The summed E-state index contributed by atoms with van der Waals surface area (Å²) in [6, 6.07) is 31.7. The number of hydrogen-bond donors (Lipinski definition) is 0. The van der Waals surface area contributed by atoms with Crippen molar-refractivity contribution in [3.63, 3.8) is 0 Å². The van der Waals surface area contributed by atoms with Crippen LogP contribution in [0.5, 0.6) is 34.5 Å². The van der Waals surface area contributed by atoms with Crippen molar-refractivity contribution in [2.24, 2.45) is 0 Å². The zero-order valence-electron chi connectivity index (χ0n) is 37.6. The molecular formula is C55H62O10. The highest BCUT2D eigenvalue weighted by atomic mass is 16.6. The SMILES string of the molecule is C=CCCCCCCCCCOc1ccc(C(=O)Oc2ccc(C(=O)Oc3cccc(OC(=O)c4ccc(OC(=O)c5ccc(OCCCCCCCCCC)cc5)cc4)c3)cc2)cc1. The number of esters is 4. The van der Waals surface area contributed by atoms with Crippen molar-refractivity contribution < 1.29 is 47.6 Å². The van der Waals surface area contributed by atoms with Crippen LogP contribution in [0.25, 0.3) is 0 Å². The quantitative estimate of drug-likeness (QED) is 0.0198. The Morgan fingerprint density at radius 1 is 0.385 bits per heavy atom. The number of ether oxygens (including phenoxy) is 6. The molecule has 0 radical (unpaired) electrons. The summed E-state index contributed by atoms with van der Waals surface area (Å²) in [5.41, 5.74) is 1.17. The number of rotatable bonds is 29. The Bertz CT molecular complexity index is 2210. The summed E-state index contributed by atoms with van der Waals surface area (Å²) in [6.45, 7) is 7.25. The van der Waals surface area contributed by atoms with E-state index in [1.165, 1.54) is 125 Å². The highest BCUT2D eigenvalue weighted by Gasteiger charge is 2.15. The van der Waals surface area contributed by atoms with Crippen molar-refractivity contribution in [1.29, 1.82) is 0 Å². The van der Waals surface area contributed by atoms with Gasteiger partial charge >= 0.3 is 23.9 Å². The molecule has 0 aliphatic rings. The van der Waals surface area contributed by atoms with E-state index in [1.54, 1.807) is 66.7 Å². The Morgan fingerprint density at radius 2 is 0.692 bits per heavy atom. The van der Waals surface area contributed by atoms with Crippen molar-refractivity contribution in [1.82, 2.24) is 0 Å². The summed E-state index contributed by atoms with van der Waals surface area (Å²) < 4.78 is 33.7. The van der Waals surface area contributed by atoms with E-state index in [1.807, 2.05) is 6.08 Å². The number of carbonyl (C=O) groups excluding carboxylic acids is 4. The summed E-state index contributed by atoms with van der Waals surface area (Å²) >= 11 is 0. The molecule has 342 valence electrons. The lowest BCUT2D eigenvalue weighted by Crippen LogP contribution is -2.11. The van der Waals surface area contributed by atoms with Crippen LogP contribution < -0.4 is 28.4 Å². The molecule has 0 unspecified atom stereocenters. The summed E-state index contributed by atoms with van der Waals surface area (Å²) in [6.07, 6.45) is 21.2. The van der Waals surface area contributed by atoms with E-state index in [2.05, 4.69) is 13.5 Å². The maximum Gasteiger partial charge on any atom is 0.343 e. The molecule has 0 atom stereocenters. The van der Waals surface area contributed by atoms with Crippen LogP contribution in [-0.4, -0.2) is 37.1 Å². The van der Waals surface area contributed by atoms with Gasteiger partial charge in [0.15, 0.2) is 0 Å². The molecule has 5 rings (SSSR count). The van der Waals surface area contributed by atoms with Gasteiger partial charge in [0.25, 0.3) is 0 Å². The van der Waals surface area contributed by atoms with E-state index in [0.717, 1.165) is 32.1 Å². The minimum Gasteiger partial charge on any atom is -0.494 e. The molecule has 0 bridgehead atoms. The van der Waals surface area contributed by atoms with Gasteiger partial charge in [0.2, 0.25) is 0 Å². The summed E-state index contributed by atoms with van der Waals surface area (Å²) in [5.74, 6) is -0.197. The van der Waals surface area contributed by atoms with Gasteiger partial charge in [-0.25, -0.2) is 19.2 Å². The molecular weight excluding hydrogens is 821 g/mol. The third-order valence-corrected chi connectivity index (χ3v) is 10.6. The first-order valence-corrected chi connectivity index (χ1v) is 23.1. The molecule has 0 aliphatic heterocycles. The van der Waals surface area contributed by atoms with Gasteiger partial charge in [0, 0.05) is 6.07 Å². The Morgan fingerprint density at radius 3 is 1.05 bits per heavy atom. The molecule has 5 aromatic carbocycles. The normalized spacial score (nSPS) is 10.7. The summed E-state index contributed by atoms with van der Waals surface area (Å²) in [5, 5.41) is 0. The van der Waals surface area contributed by atoms with Crippen molar-refractivity contribution in [3.8, 4) is 34.5 Å². The highest BCUT2D eigenvalue weighted by molar-refractivity contribution is 5.94. The van der Waals surface area contributed by atoms with E-state index in [0.29, 0.717) is 35.8 Å². The second-order valence-electron chi connectivity index (χ2n) is 15.9. The Hall–Kier alpha value is -6.68. The predicted octanol–water partition coefficient (Wildman–Crippen LogP) is 13.8. The number of carbonyl (C=O) groups is 4. The first kappa shape index (κ1) is 49.3. The Kier molecular flexibility index (Phi) is 21.4. The number of benzene rings is 5. The van der Waals surface area contributed by atoms with Crippen LogP contribution in [0.4, 0.5) is 0 Å². The van der Waals surface area contributed by atoms with Gasteiger partial charge in [-0.15, -0.1) is 6.58 Å². The van der Waals surface area contributed by atoms with Crippen LogP contribution in [0.3, 0.4) is 0 Å². The molecule has 0 aliphatic carbocycles. The zero-order valence-corrected chi connectivity index (χ0v) is 37.6. The van der Waals surface area contributed by atoms with Gasteiger partial charge in [0.05, 0.1) is 35.5 Å². The number of unbranched alkanes of at least 4 members (excludes halogenated alkanes) is 14. The summed E-state index contributed by atoms with van der Waals surface area (Å²) in [4.78, 5) is 51.5. The van der Waals surface area contributed by atoms with E-state index in [-0.39, 0.29) is 34.1 Å². The molecule has 65 heavy (non-hydrogen) atoms. The van der Waals surface area contributed by atoms with Gasteiger partial charge in [-0.05, 0) is 135 Å². The monoisotopic (exact) mass is 882 g/mol. The minimum atomic E-state index is -0.662. The smallest absolute Gasteiger partial charge is 0.343 e. The van der Waals surface area contributed by atoms with E-state index < -0.39 is 23.9 Å². The Labute approximate surface area is 383 Å². The lowest BCUT2D eigenvalue weighted by Gasteiger charge is -2.09. The first-order chi connectivity index (χ1) is 31.8. The fraction of sp³-hybridized carbons (Fsp3) is 0.345. The first-order valence-electron chi connectivity index (χ1n) is 23.1. The fourth-order valence-electron chi connectivity index (χ4n) is 6.85. The average Bonchev–Trinajstić information content (AvgIpc) is 3.32. The predicted molar refractivity (Wildman–Crippen MR) is 253 cm³/mol. The lowest BCUT2D eigenvalue weighted by atomic mass is 10.1. The van der Waals surface area contributed by atoms with Gasteiger partial charge < -0.3 is 28.4 Å². The fourth-order valence-corrected chi connectivity index (χ4v) is 6.85. The van der Waals surface area contributed by atoms with Crippen LogP contribution >= 0.6 is 0 Å². The van der Waals surface area contributed by atoms with Crippen LogP contribution in [-0.2, 0) is 0 Å². The molecule has 0 spiro atoms. The largest absolute Gasteiger partial charge is 0.494 e. The molecule has 0 saturated carbocycles. The molecule has 0 aromatic heterocycles. The van der Waals surface area contributed by atoms with Crippen molar-refractivity contribution in [2.75, 3.05) is 13.2 Å². The molecule has 0 fully saturated rings. The molecule has 0 amide bonds. The zero-order chi connectivity index (χ0) is 45.9. The molecule has 5 aromatic rings. The second kappa shape index (κ2) is 28.2. The minimum absolute atomic E-state index is 0.152. The molecule has 0 saturated heterocycles. The highest BCUT2D eigenvalue weighted by Crippen LogP contribution is 2.24. The third-order valence-electron chi connectivity index (χ3n) is 10.6. The maximum absolute atomic E-state index is 13.0. The van der Waals surface area contributed by atoms with Crippen LogP contribution in [0, 0.1) is 0 Å². The topological polar surface area (TPSA) is 124 Å². The van der Waals surface area contributed by atoms with Gasteiger partial charge in [0.1, 0.15) is 34.5 Å². The number of hydrogen-bond acceptors (Lipinski definition) is 10. The third kappa shape index (κ3) is 18.1. The van der Waals surface area contributed by atoms with Gasteiger partial charge in [-0.3, -0.25) is 0 Å². The van der Waals surface area contributed by atoms with E-state index in [9.17, 15) is 19.2 Å². The number of allylic oxidation sites excluding steroid dienone is 1. The lowest BCUT2D eigenvalue weighted by molar-refractivity contribution is 0.0723. The van der Waals surface area contributed by atoms with E-state index >= 15 is 0 Å². The van der Waals surface area contributed by atoms with Crippen molar-refractivity contribution in [2.45, 2.75) is 110 Å². The molecule has 0 heterocycles. The van der Waals surface area contributed by atoms with Crippen LogP contribution in [0.1, 0.15) is 151 Å². The van der Waals surface area contributed by atoms with Gasteiger partial charge in [-0.1, -0.05) is 96.1 Å². The summed E-state index contributed by atoms with van der Waals surface area (Å²) in [7, 11) is 0. The molecule has 0 N–H and O–H groups in total. The molecule has 10 heteroatoms. The van der Waals surface area contributed by atoms with Crippen LogP contribution in [0.15, 0.2) is 134 Å². The van der Waals surface area contributed by atoms with Crippen molar-refractivity contribution in [3.05, 3.63) is 156 Å². The van der Waals surface area contributed by atoms with Gasteiger partial charge in [-0.2, -0.15) is 0 Å². The van der Waals surface area contributed by atoms with Crippen LogP contribution in [0.2, 0.25) is 0 Å².